The van der Waals surface area contributed by atoms with Gasteiger partial charge in [-0.25, -0.2) is 0 Å². The maximum atomic E-state index is 13.1. The highest BCUT2D eigenvalue weighted by Gasteiger charge is 2.34. The lowest BCUT2D eigenvalue weighted by molar-refractivity contribution is -0.123. The summed E-state index contributed by atoms with van der Waals surface area (Å²) in [6, 6.07) is 12.7. The Bertz CT molecular complexity index is 934. The molecule has 29 heavy (non-hydrogen) atoms. The molecule has 0 bridgehead atoms. The zero-order chi connectivity index (χ0) is 20.4. The van der Waals surface area contributed by atoms with Crippen molar-refractivity contribution in [1.29, 1.82) is 0 Å². The lowest BCUT2D eigenvalue weighted by Gasteiger charge is -2.32. The topological polar surface area (TPSA) is 52.7 Å². The molecule has 5 nitrogen and oxygen atoms in total. The van der Waals surface area contributed by atoms with Gasteiger partial charge in [-0.15, -0.1) is 0 Å². The highest BCUT2D eigenvalue weighted by atomic mass is 35.5. The Kier molecular flexibility index (Phi) is 6.09. The van der Waals surface area contributed by atoms with Crippen molar-refractivity contribution >= 4 is 46.4 Å². The van der Waals surface area contributed by atoms with Gasteiger partial charge in [-0.2, -0.15) is 0 Å². The SMILES string of the molecule is O=C(Nc1ccc(Cl)cc1Cl)[C@H]1CCCN1CC(=O)N1CCCc2ccccc21. The molecule has 2 aromatic carbocycles. The van der Waals surface area contributed by atoms with Crippen LogP contribution >= 0.6 is 23.2 Å². The molecule has 2 heterocycles. The van der Waals surface area contributed by atoms with Gasteiger partial charge >= 0.3 is 0 Å². The van der Waals surface area contributed by atoms with E-state index >= 15 is 0 Å². The van der Waals surface area contributed by atoms with E-state index in [1.165, 1.54) is 5.56 Å². The van der Waals surface area contributed by atoms with E-state index < -0.39 is 0 Å². The number of para-hydroxylation sites is 1. The van der Waals surface area contributed by atoms with Crippen molar-refractivity contribution in [3.63, 3.8) is 0 Å². The van der Waals surface area contributed by atoms with Gasteiger partial charge in [0.25, 0.3) is 0 Å². The van der Waals surface area contributed by atoms with Crippen molar-refractivity contribution in [2.75, 3.05) is 29.9 Å². The van der Waals surface area contributed by atoms with Crippen molar-refractivity contribution in [2.45, 2.75) is 31.7 Å². The largest absolute Gasteiger partial charge is 0.323 e. The molecule has 0 aromatic heterocycles. The van der Waals surface area contributed by atoms with E-state index in [9.17, 15) is 9.59 Å². The van der Waals surface area contributed by atoms with Crippen LogP contribution in [0.3, 0.4) is 0 Å². The fraction of sp³-hybridized carbons (Fsp3) is 0.364. The molecule has 0 spiro atoms. The van der Waals surface area contributed by atoms with Gasteiger partial charge < -0.3 is 10.2 Å². The Morgan fingerprint density at radius 2 is 1.90 bits per heavy atom. The van der Waals surface area contributed by atoms with E-state index in [1.807, 2.05) is 28.0 Å². The summed E-state index contributed by atoms with van der Waals surface area (Å²) < 4.78 is 0. The maximum Gasteiger partial charge on any atom is 0.241 e. The average molecular weight is 432 g/mol. The van der Waals surface area contributed by atoms with E-state index in [2.05, 4.69) is 11.4 Å². The number of rotatable bonds is 4. The highest BCUT2D eigenvalue weighted by molar-refractivity contribution is 6.36. The molecule has 2 amide bonds. The molecule has 2 aromatic rings. The number of hydrogen-bond acceptors (Lipinski definition) is 3. The minimum Gasteiger partial charge on any atom is -0.323 e. The fourth-order valence-electron chi connectivity index (χ4n) is 4.17. The summed E-state index contributed by atoms with van der Waals surface area (Å²) in [4.78, 5) is 29.7. The summed E-state index contributed by atoms with van der Waals surface area (Å²) in [6.45, 7) is 1.69. The maximum absolute atomic E-state index is 13.1. The lowest BCUT2D eigenvalue weighted by atomic mass is 10.0. The number of carbonyl (C=O) groups excluding carboxylic acids is 2. The summed E-state index contributed by atoms with van der Waals surface area (Å²) in [7, 11) is 0. The van der Waals surface area contributed by atoms with Gasteiger partial charge in [-0.3, -0.25) is 14.5 Å². The summed E-state index contributed by atoms with van der Waals surface area (Å²) >= 11 is 12.1. The number of carbonyl (C=O) groups is 2. The normalized spacial score (nSPS) is 19.1. The van der Waals surface area contributed by atoms with Crippen LogP contribution in [-0.2, 0) is 16.0 Å². The van der Waals surface area contributed by atoms with E-state index in [0.29, 0.717) is 15.7 Å². The second-order valence-electron chi connectivity index (χ2n) is 7.52. The first-order valence-corrected chi connectivity index (χ1v) is 10.7. The minimum atomic E-state index is -0.342. The van der Waals surface area contributed by atoms with Gasteiger partial charge in [0.05, 0.1) is 23.3 Å². The monoisotopic (exact) mass is 431 g/mol. The van der Waals surface area contributed by atoms with Crippen LogP contribution in [0.15, 0.2) is 42.5 Å². The van der Waals surface area contributed by atoms with Crippen LogP contribution in [-0.4, -0.2) is 42.4 Å². The van der Waals surface area contributed by atoms with Crippen LogP contribution < -0.4 is 10.2 Å². The Balaban J connectivity index is 1.43. The summed E-state index contributed by atoms with van der Waals surface area (Å²) in [6.07, 6.45) is 3.56. The predicted molar refractivity (Wildman–Crippen MR) is 117 cm³/mol. The number of fused-ring (bicyclic) bond motifs is 1. The van der Waals surface area contributed by atoms with Gasteiger partial charge in [0, 0.05) is 17.3 Å². The predicted octanol–water partition coefficient (Wildman–Crippen LogP) is 4.38. The van der Waals surface area contributed by atoms with Crippen molar-refractivity contribution in [2.24, 2.45) is 0 Å². The quantitative estimate of drug-likeness (QED) is 0.781. The van der Waals surface area contributed by atoms with Crippen LogP contribution in [0.5, 0.6) is 0 Å². The second kappa shape index (κ2) is 8.74. The van der Waals surface area contributed by atoms with Gasteiger partial charge in [-0.05, 0) is 62.1 Å². The number of likely N-dealkylation sites (tertiary alicyclic amines) is 1. The van der Waals surface area contributed by atoms with Crippen molar-refractivity contribution in [3.05, 3.63) is 58.1 Å². The third-order valence-corrected chi connectivity index (χ3v) is 6.15. The van der Waals surface area contributed by atoms with Crippen molar-refractivity contribution in [3.8, 4) is 0 Å². The number of aryl methyl sites for hydroxylation is 1. The molecule has 0 unspecified atom stereocenters. The second-order valence-corrected chi connectivity index (χ2v) is 8.36. The molecule has 0 radical (unpaired) electrons. The third-order valence-electron chi connectivity index (χ3n) is 5.60. The fourth-order valence-corrected chi connectivity index (χ4v) is 4.63. The number of nitrogens with zero attached hydrogens (tertiary/aromatic N) is 2. The Morgan fingerprint density at radius 1 is 1.07 bits per heavy atom. The molecular formula is C22H23Cl2N3O2. The first kappa shape index (κ1) is 20.2. The number of hydrogen-bond donors (Lipinski definition) is 1. The van der Waals surface area contributed by atoms with Crippen LogP contribution in [0, 0.1) is 0 Å². The van der Waals surface area contributed by atoms with Crippen LogP contribution in [0.1, 0.15) is 24.8 Å². The smallest absolute Gasteiger partial charge is 0.241 e. The van der Waals surface area contributed by atoms with Gasteiger partial charge in [0.2, 0.25) is 11.8 Å². The number of anilines is 2. The molecule has 1 fully saturated rings. The van der Waals surface area contributed by atoms with E-state index in [4.69, 9.17) is 23.2 Å². The molecule has 4 rings (SSSR count). The first-order valence-electron chi connectivity index (χ1n) is 9.91. The molecule has 0 saturated carbocycles. The highest BCUT2D eigenvalue weighted by Crippen LogP contribution is 2.29. The van der Waals surface area contributed by atoms with Gasteiger partial charge in [-0.1, -0.05) is 41.4 Å². The number of nitrogens with one attached hydrogen (secondary N) is 1. The van der Waals surface area contributed by atoms with Crippen molar-refractivity contribution in [1.82, 2.24) is 4.90 Å². The first-order chi connectivity index (χ1) is 14.0. The summed E-state index contributed by atoms with van der Waals surface area (Å²) in [5.41, 5.74) is 2.74. The van der Waals surface area contributed by atoms with E-state index in [0.717, 1.165) is 44.5 Å². The average Bonchev–Trinajstić information content (AvgIpc) is 3.17. The molecule has 1 N–H and O–H groups in total. The van der Waals surface area contributed by atoms with E-state index in [-0.39, 0.29) is 24.4 Å². The van der Waals surface area contributed by atoms with Gasteiger partial charge in [0.15, 0.2) is 0 Å². The third kappa shape index (κ3) is 4.42. The van der Waals surface area contributed by atoms with E-state index in [1.54, 1.807) is 18.2 Å². The standard InChI is InChI=1S/C22H23Cl2N3O2/c23-16-9-10-18(17(24)13-16)25-22(29)20-8-4-11-26(20)14-21(28)27-12-3-6-15-5-1-2-7-19(15)27/h1-2,5,7,9-10,13,20H,3-4,6,8,11-12,14H2,(H,25,29)/t20-/m1/s1. The Labute approximate surface area is 180 Å². The molecule has 7 heteroatoms. The van der Waals surface area contributed by atoms with Crippen LogP contribution in [0.4, 0.5) is 11.4 Å². The zero-order valence-electron chi connectivity index (χ0n) is 16.0. The Morgan fingerprint density at radius 3 is 2.72 bits per heavy atom. The summed E-state index contributed by atoms with van der Waals surface area (Å²) in [5, 5.41) is 3.80. The molecule has 2 aliphatic heterocycles. The minimum absolute atomic E-state index is 0.0429. The zero-order valence-corrected chi connectivity index (χ0v) is 17.5. The Hall–Kier alpha value is -2.08. The lowest BCUT2D eigenvalue weighted by Crippen LogP contribution is -2.47. The van der Waals surface area contributed by atoms with Crippen molar-refractivity contribution < 1.29 is 9.59 Å². The molecule has 2 aliphatic rings. The molecule has 1 atom stereocenters. The molecule has 152 valence electrons. The molecule has 1 saturated heterocycles. The number of halogens is 2. The van der Waals surface area contributed by atoms with Crippen LogP contribution in [0.25, 0.3) is 0 Å². The summed E-state index contributed by atoms with van der Waals surface area (Å²) in [5.74, 6) is -0.0973. The van der Waals surface area contributed by atoms with Gasteiger partial charge in [0.1, 0.15) is 0 Å². The molecule has 0 aliphatic carbocycles. The number of benzene rings is 2. The van der Waals surface area contributed by atoms with Crippen LogP contribution in [0.2, 0.25) is 10.0 Å². The number of amides is 2. The molecular weight excluding hydrogens is 409 g/mol.